The highest BCUT2D eigenvalue weighted by molar-refractivity contribution is 7.92. The van der Waals surface area contributed by atoms with Crippen LogP contribution in [0.25, 0.3) is 0 Å². The zero-order valence-corrected chi connectivity index (χ0v) is 16.5. The molecule has 5 nitrogen and oxygen atoms in total. The van der Waals surface area contributed by atoms with Gasteiger partial charge in [0.2, 0.25) is 5.91 Å². The zero-order chi connectivity index (χ0) is 19.3. The largest absolute Gasteiger partial charge is 0.352 e. The molecule has 0 aliphatic carbocycles. The van der Waals surface area contributed by atoms with Crippen molar-refractivity contribution in [2.45, 2.75) is 38.6 Å². The summed E-state index contributed by atoms with van der Waals surface area (Å²) in [6.07, 6.45) is 0. The highest BCUT2D eigenvalue weighted by Gasteiger charge is 2.28. The Morgan fingerprint density at radius 3 is 2.15 bits per heavy atom. The van der Waals surface area contributed by atoms with Gasteiger partial charge in [0, 0.05) is 6.04 Å². The molecule has 0 spiro atoms. The van der Waals surface area contributed by atoms with Crippen molar-refractivity contribution in [2.24, 2.45) is 5.92 Å². The average Bonchev–Trinajstić information content (AvgIpc) is 2.61. The standard InChI is InChI=1S/C20H26N2O3S/c1-15(2)17(4)21-20(23)14-22(19-13-9-8-10-16(19)3)26(24,25)18-11-6-5-7-12-18/h5-13,15,17H,14H2,1-4H3,(H,21,23). The maximum atomic E-state index is 13.2. The van der Waals surface area contributed by atoms with E-state index in [0.29, 0.717) is 5.69 Å². The van der Waals surface area contributed by atoms with Crippen molar-refractivity contribution in [3.05, 3.63) is 60.2 Å². The van der Waals surface area contributed by atoms with Gasteiger partial charge in [0.15, 0.2) is 0 Å². The van der Waals surface area contributed by atoms with Crippen LogP contribution >= 0.6 is 0 Å². The first kappa shape index (κ1) is 20.0. The Kier molecular flexibility index (Phi) is 6.42. The first-order valence-corrected chi connectivity index (χ1v) is 10.1. The van der Waals surface area contributed by atoms with Crippen LogP contribution in [0.2, 0.25) is 0 Å². The Bertz CT molecular complexity index is 848. The number of hydrogen-bond acceptors (Lipinski definition) is 3. The number of aryl methyl sites for hydroxylation is 1. The van der Waals surface area contributed by atoms with Crippen LogP contribution < -0.4 is 9.62 Å². The SMILES string of the molecule is Cc1ccccc1N(CC(=O)NC(C)C(C)C)S(=O)(=O)c1ccccc1. The Morgan fingerprint density at radius 2 is 1.58 bits per heavy atom. The summed E-state index contributed by atoms with van der Waals surface area (Å²) in [6, 6.07) is 15.3. The Balaban J connectivity index is 2.41. The van der Waals surface area contributed by atoms with Crippen molar-refractivity contribution in [3.8, 4) is 0 Å². The lowest BCUT2D eigenvalue weighted by molar-refractivity contribution is -0.120. The molecule has 0 saturated carbocycles. The highest BCUT2D eigenvalue weighted by Crippen LogP contribution is 2.26. The molecule has 140 valence electrons. The second-order valence-electron chi connectivity index (χ2n) is 6.71. The molecule has 1 atom stereocenters. The lowest BCUT2D eigenvalue weighted by Gasteiger charge is -2.27. The number of hydrogen-bond donors (Lipinski definition) is 1. The summed E-state index contributed by atoms with van der Waals surface area (Å²) in [7, 11) is -3.86. The van der Waals surface area contributed by atoms with Crippen LogP contribution in [0, 0.1) is 12.8 Å². The van der Waals surface area contributed by atoms with E-state index < -0.39 is 10.0 Å². The topological polar surface area (TPSA) is 66.5 Å². The van der Waals surface area contributed by atoms with Crippen LogP contribution in [0.4, 0.5) is 5.69 Å². The van der Waals surface area contributed by atoms with E-state index in [9.17, 15) is 13.2 Å². The van der Waals surface area contributed by atoms with Crippen molar-refractivity contribution in [1.82, 2.24) is 5.32 Å². The van der Waals surface area contributed by atoms with Gasteiger partial charge in [-0.15, -0.1) is 0 Å². The summed E-state index contributed by atoms with van der Waals surface area (Å²) in [5.74, 6) is -0.0643. The molecule has 1 N–H and O–H groups in total. The second-order valence-corrected chi connectivity index (χ2v) is 8.57. The lowest BCUT2D eigenvalue weighted by Crippen LogP contribution is -2.45. The number of nitrogens with zero attached hydrogens (tertiary/aromatic N) is 1. The van der Waals surface area contributed by atoms with Crippen LogP contribution in [0.5, 0.6) is 0 Å². The van der Waals surface area contributed by atoms with Gasteiger partial charge in [-0.25, -0.2) is 8.42 Å². The lowest BCUT2D eigenvalue weighted by atomic mass is 10.1. The monoisotopic (exact) mass is 374 g/mol. The van der Waals surface area contributed by atoms with Gasteiger partial charge in [-0.2, -0.15) is 0 Å². The molecule has 2 rings (SSSR count). The maximum Gasteiger partial charge on any atom is 0.264 e. The minimum Gasteiger partial charge on any atom is -0.352 e. The molecule has 0 radical (unpaired) electrons. The fourth-order valence-corrected chi connectivity index (χ4v) is 3.97. The first-order chi connectivity index (χ1) is 12.2. The number of benzene rings is 2. The molecular formula is C20H26N2O3S. The highest BCUT2D eigenvalue weighted by atomic mass is 32.2. The number of nitrogens with one attached hydrogen (secondary N) is 1. The second kappa shape index (κ2) is 8.36. The van der Waals surface area contributed by atoms with E-state index in [1.54, 1.807) is 30.3 Å². The van der Waals surface area contributed by atoms with Crippen LogP contribution in [0.1, 0.15) is 26.3 Å². The van der Waals surface area contributed by atoms with E-state index >= 15 is 0 Å². The zero-order valence-electron chi connectivity index (χ0n) is 15.6. The summed E-state index contributed by atoms with van der Waals surface area (Å²) in [4.78, 5) is 12.7. The molecule has 6 heteroatoms. The van der Waals surface area contributed by atoms with E-state index in [-0.39, 0.29) is 29.3 Å². The molecule has 1 unspecified atom stereocenters. The molecule has 0 aromatic heterocycles. The number of anilines is 1. The molecule has 0 heterocycles. The van der Waals surface area contributed by atoms with Crippen molar-refractivity contribution in [2.75, 3.05) is 10.8 Å². The molecule has 2 aromatic rings. The van der Waals surface area contributed by atoms with E-state index in [2.05, 4.69) is 5.32 Å². The molecule has 0 aliphatic rings. The maximum absolute atomic E-state index is 13.2. The van der Waals surface area contributed by atoms with E-state index in [1.165, 1.54) is 16.4 Å². The van der Waals surface area contributed by atoms with Gasteiger partial charge >= 0.3 is 0 Å². The third kappa shape index (κ3) is 4.64. The van der Waals surface area contributed by atoms with Gasteiger partial charge in [-0.1, -0.05) is 50.2 Å². The minimum absolute atomic E-state index is 0.0411. The molecule has 26 heavy (non-hydrogen) atoms. The number of carbonyl (C=O) groups excluding carboxylic acids is 1. The summed E-state index contributed by atoms with van der Waals surface area (Å²) >= 11 is 0. The predicted molar refractivity (Wildman–Crippen MR) is 105 cm³/mol. The first-order valence-electron chi connectivity index (χ1n) is 8.66. The number of carbonyl (C=O) groups is 1. The number of amides is 1. The summed E-state index contributed by atoms with van der Waals surface area (Å²) in [6.45, 7) is 7.48. The van der Waals surface area contributed by atoms with Gasteiger partial charge in [0.25, 0.3) is 10.0 Å². The van der Waals surface area contributed by atoms with Gasteiger partial charge in [0.05, 0.1) is 10.6 Å². The third-order valence-corrected chi connectivity index (χ3v) is 6.17. The van der Waals surface area contributed by atoms with E-state index in [1.807, 2.05) is 39.8 Å². The Labute approximate surface area is 156 Å². The summed E-state index contributed by atoms with van der Waals surface area (Å²) < 4.78 is 27.6. The number of para-hydroxylation sites is 1. The quantitative estimate of drug-likeness (QED) is 0.808. The van der Waals surface area contributed by atoms with Crippen molar-refractivity contribution in [3.63, 3.8) is 0 Å². The average molecular weight is 375 g/mol. The Hall–Kier alpha value is -2.34. The molecule has 1 amide bonds. The smallest absolute Gasteiger partial charge is 0.264 e. The molecule has 0 bridgehead atoms. The van der Waals surface area contributed by atoms with Crippen LogP contribution in [-0.2, 0) is 14.8 Å². The van der Waals surface area contributed by atoms with Crippen LogP contribution in [0.15, 0.2) is 59.5 Å². The normalized spacial score (nSPS) is 12.7. The van der Waals surface area contributed by atoms with Crippen molar-refractivity contribution >= 4 is 21.6 Å². The van der Waals surface area contributed by atoms with Crippen LogP contribution in [-0.4, -0.2) is 26.9 Å². The Morgan fingerprint density at radius 1 is 1.00 bits per heavy atom. The minimum atomic E-state index is -3.86. The van der Waals surface area contributed by atoms with Gasteiger partial charge < -0.3 is 5.32 Å². The predicted octanol–water partition coefficient (Wildman–Crippen LogP) is 3.35. The third-order valence-electron chi connectivity index (χ3n) is 4.39. The summed E-state index contributed by atoms with van der Waals surface area (Å²) in [5.41, 5.74) is 1.29. The molecule has 0 aliphatic heterocycles. The molecule has 0 fully saturated rings. The van der Waals surface area contributed by atoms with Crippen molar-refractivity contribution < 1.29 is 13.2 Å². The number of rotatable bonds is 7. The van der Waals surface area contributed by atoms with Gasteiger partial charge in [0.1, 0.15) is 6.54 Å². The van der Waals surface area contributed by atoms with Gasteiger partial charge in [-0.05, 0) is 43.5 Å². The molecule has 2 aromatic carbocycles. The van der Waals surface area contributed by atoms with E-state index in [0.717, 1.165) is 5.56 Å². The van der Waals surface area contributed by atoms with E-state index in [4.69, 9.17) is 0 Å². The van der Waals surface area contributed by atoms with Crippen LogP contribution in [0.3, 0.4) is 0 Å². The van der Waals surface area contributed by atoms with Gasteiger partial charge in [-0.3, -0.25) is 9.10 Å². The fraction of sp³-hybridized carbons (Fsp3) is 0.350. The summed E-state index contributed by atoms with van der Waals surface area (Å²) in [5, 5.41) is 2.88. The number of sulfonamides is 1. The molecular weight excluding hydrogens is 348 g/mol. The fourth-order valence-electron chi connectivity index (χ4n) is 2.46. The van der Waals surface area contributed by atoms with Crippen molar-refractivity contribution in [1.29, 1.82) is 0 Å². The molecule has 0 saturated heterocycles.